The Labute approximate surface area is 185 Å². The molecule has 7 nitrogen and oxygen atoms in total. The topological polar surface area (TPSA) is 69.8 Å². The molecule has 0 unspecified atom stereocenters. The Morgan fingerprint density at radius 3 is 2.75 bits per heavy atom. The molecule has 156 valence electrons. The normalized spacial score (nSPS) is 16.4. The van der Waals surface area contributed by atoms with E-state index in [0.717, 1.165) is 36.3 Å². The van der Waals surface area contributed by atoms with Crippen molar-refractivity contribution in [2.45, 2.75) is 46.1 Å². The minimum Gasteiger partial charge on any atom is -0.357 e. The highest BCUT2D eigenvalue weighted by molar-refractivity contribution is 14.0. The molecule has 0 amide bonds. The minimum absolute atomic E-state index is 0. The van der Waals surface area contributed by atoms with Crippen molar-refractivity contribution in [1.82, 2.24) is 30.1 Å². The van der Waals surface area contributed by atoms with Crippen LogP contribution in [0.15, 0.2) is 29.4 Å². The number of halogens is 1. The molecule has 0 saturated carbocycles. The average Bonchev–Trinajstić information content (AvgIpc) is 3.06. The lowest BCUT2D eigenvalue weighted by Gasteiger charge is -2.34. The Kier molecular flexibility index (Phi) is 9.43. The van der Waals surface area contributed by atoms with E-state index < -0.39 is 0 Å². The van der Waals surface area contributed by atoms with Gasteiger partial charge in [0, 0.05) is 51.4 Å². The van der Waals surface area contributed by atoms with Crippen LogP contribution in [0.2, 0.25) is 0 Å². The van der Waals surface area contributed by atoms with Crippen molar-refractivity contribution in [1.29, 1.82) is 0 Å². The van der Waals surface area contributed by atoms with Gasteiger partial charge in [-0.2, -0.15) is 0 Å². The fourth-order valence-electron chi connectivity index (χ4n) is 3.62. The van der Waals surface area contributed by atoms with E-state index in [1.807, 2.05) is 28.8 Å². The standard InChI is InChI=1S/C20H33N7.HI/c1-4-21-20(23-17-9-13-26(14-10-17)15-16(2)3)22-11-8-19-25-24-18-7-5-6-12-27(18)19;/h5-7,12,16-17H,4,8-11,13-15H2,1-3H3,(H2,21,22,23);1H. The van der Waals surface area contributed by atoms with Gasteiger partial charge in [-0.1, -0.05) is 19.9 Å². The number of guanidine groups is 1. The molecule has 1 aliphatic heterocycles. The van der Waals surface area contributed by atoms with Crippen LogP contribution >= 0.6 is 24.0 Å². The number of aliphatic imine (C=N–C) groups is 1. The third kappa shape index (κ3) is 6.58. The Bertz CT molecular complexity index is 735. The second kappa shape index (κ2) is 11.5. The molecule has 2 aromatic rings. The fraction of sp³-hybridized carbons (Fsp3) is 0.650. The van der Waals surface area contributed by atoms with E-state index in [1.54, 1.807) is 0 Å². The predicted octanol–water partition coefficient (Wildman–Crippen LogP) is 2.57. The van der Waals surface area contributed by atoms with Gasteiger partial charge in [0.25, 0.3) is 0 Å². The molecule has 2 aromatic heterocycles. The molecule has 28 heavy (non-hydrogen) atoms. The average molecular weight is 499 g/mol. The molecule has 1 aliphatic rings. The van der Waals surface area contributed by atoms with E-state index in [2.05, 4.69) is 46.5 Å². The van der Waals surface area contributed by atoms with Gasteiger partial charge in [0.05, 0.1) is 0 Å². The van der Waals surface area contributed by atoms with Gasteiger partial charge in [-0.25, -0.2) is 0 Å². The van der Waals surface area contributed by atoms with E-state index in [1.165, 1.54) is 32.5 Å². The smallest absolute Gasteiger partial charge is 0.191 e. The highest BCUT2D eigenvalue weighted by Crippen LogP contribution is 2.12. The summed E-state index contributed by atoms with van der Waals surface area (Å²) in [5.41, 5.74) is 0.884. The van der Waals surface area contributed by atoms with Gasteiger partial charge in [-0.15, -0.1) is 34.2 Å². The van der Waals surface area contributed by atoms with Crippen molar-refractivity contribution >= 4 is 35.6 Å². The van der Waals surface area contributed by atoms with Crippen LogP contribution in [0.4, 0.5) is 0 Å². The molecule has 0 radical (unpaired) electrons. The summed E-state index contributed by atoms with van der Waals surface area (Å²) in [6.45, 7) is 11.8. The molecular weight excluding hydrogens is 465 g/mol. The summed E-state index contributed by atoms with van der Waals surface area (Å²) in [4.78, 5) is 7.33. The van der Waals surface area contributed by atoms with Crippen molar-refractivity contribution in [2.75, 3.05) is 32.7 Å². The maximum atomic E-state index is 4.76. The number of aromatic nitrogens is 3. The molecular formula is C20H34IN7. The molecule has 0 spiro atoms. The van der Waals surface area contributed by atoms with Crippen LogP contribution in [0.3, 0.4) is 0 Å². The van der Waals surface area contributed by atoms with Gasteiger partial charge >= 0.3 is 0 Å². The summed E-state index contributed by atoms with van der Waals surface area (Å²) in [5.74, 6) is 2.60. The molecule has 3 rings (SSSR count). The van der Waals surface area contributed by atoms with E-state index in [0.29, 0.717) is 12.6 Å². The Morgan fingerprint density at radius 1 is 1.25 bits per heavy atom. The number of pyridine rings is 1. The van der Waals surface area contributed by atoms with Gasteiger partial charge in [-0.05, 0) is 37.8 Å². The fourth-order valence-corrected chi connectivity index (χ4v) is 3.62. The summed E-state index contributed by atoms with van der Waals surface area (Å²) in [5, 5.41) is 15.5. The van der Waals surface area contributed by atoms with Gasteiger partial charge in [0.1, 0.15) is 5.82 Å². The largest absolute Gasteiger partial charge is 0.357 e. The van der Waals surface area contributed by atoms with Gasteiger partial charge in [-0.3, -0.25) is 9.39 Å². The van der Waals surface area contributed by atoms with Crippen LogP contribution in [0.25, 0.3) is 5.65 Å². The van der Waals surface area contributed by atoms with Crippen molar-refractivity contribution < 1.29 is 0 Å². The number of nitrogens with one attached hydrogen (secondary N) is 2. The number of fused-ring (bicyclic) bond motifs is 1. The maximum Gasteiger partial charge on any atom is 0.191 e. The Hall–Kier alpha value is -1.42. The second-order valence-electron chi connectivity index (χ2n) is 7.67. The third-order valence-electron chi connectivity index (χ3n) is 4.89. The first-order chi connectivity index (χ1) is 13.2. The maximum absolute atomic E-state index is 4.76. The van der Waals surface area contributed by atoms with E-state index >= 15 is 0 Å². The second-order valence-corrected chi connectivity index (χ2v) is 7.67. The molecule has 1 fully saturated rings. The number of piperidine rings is 1. The number of nitrogens with zero attached hydrogens (tertiary/aromatic N) is 5. The third-order valence-corrected chi connectivity index (χ3v) is 4.89. The summed E-state index contributed by atoms with van der Waals surface area (Å²) in [6.07, 6.45) is 5.12. The summed E-state index contributed by atoms with van der Waals surface area (Å²) < 4.78 is 2.03. The molecule has 0 aromatic carbocycles. The monoisotopic (exact) mass is 499 g/mol. The van der Waals surface area contributed by atoms with Crippen LogP contribution in [0.5, 0.6) is 0 Å². The van der Waals surface area contributed by atoms with Crippen molar-refractivity contribution in [2.24, 2.45) is 10.9 Å². The summed E-state index contributed by atoms with van der Waals surface area (Å²) in [7, 11) is 0. The molecule has 3 heterocycles. The van der Waals surface area contributed by atoms with Crippen molar-refractivity contribution in [3.8, 4) is 0 Å². The zero-order valence-electron chi connectivity index (χ0n) is 17.3. The SMILES string of the molecule is CCNC(=NCCc1nnc2ccccn12)NC1CCN(CC(C)C)CC1.I. The van der Waals surface area contributed by atoms with Crippen LogP contribution in [0.1, 0.15) is 39.4 Å². The number of hydrogen-bond acceptors (Lipinski definition) is 4. The van der Waals surface area contributed by atoms with Crippen LogP contribution in [-0.4, -0.2) is 64.2 Å². The van der Waals surface area contributed by atoms with Gasteiger partial charge < -0.3 is 15.5 Å². The molecule has 1 saturated heterocycles. The summed E-state index contributed by atoms with van der Waals surface area (Å²) in [6, 6.07) is 6.45. The zero-order valence-corrected chi connectivity index (χ0v) is 19.6. The first kappa shape index (κ1) is 22.9. The van der Waals surface area contributed by atoms with Gasteiger partial charge in [0.15, 0.2) is 11.6 Å². The zero-order chi connectivity index (χ0) is 19.1. The minimum atomic E-state index is 0. The number of likely N-dealkylation sites (tertiary alicyclic amines) is 1. The van der Waals surface area contributed by atoms with Gasteiger partial charge in [0.2, 0.25) is 0 Å². The highest BCUT2D eigenvalue weighted by Gasteiger charge is 2.20. The first-order valence-corrected chi connectivity index (χ1v) is 10.2. The van der Waals surface area contributed by atoms with Crippen molar-refractivity contribution in [3.05, 3.63) is 30.2 Å². The van der Waals surface area contributed by atoms with Crippen LogP contribution in [-0.2, 0) is 6.42 Å². The van der Waals surface area contributed by atoms with Crippen LogP contribution in [0, 0.1) is 5.92 Å². The van der Waals surface area contributed by atoms with E-state index in [4.69, 9.17) is 4.99 Å². The Balaban J connectivity index is 0.00000280. The van der Waals surface area contributed by atoms with E-state index in [-0.39, 0.29) is 24.0 Å². The predicted molar refractivity (Wildman–Crippen MR) is 126 cm³/mol. The molecule has 8 heteroatoms. The van der Waals surface area contributed by atoms with Crippen LogP contribution < -0.4 is 10.6 Å². The lowest BCUT2D eigenvalue weighted by Crippen LogP contribution is -2.49. The number of rotatable bonds is 7. The molecule has 0 bridgehead atoms. The summed E-state index contributed by atoms with van der Waals surface area (Å²) >= 11 is 0. The lowest BCUT2D eigenvalue weighted by atomic mass is 10.0. The highest BCUT2D eigenvalue weighted by atomic mass is 127. The molecule has 0 atom stereocenters. The van der Waals surface area contributed by atoms with E-state index in [9.17, 15) is 0 Å². The molecule has 2 N–H and O–H groups in total. The number of hydrogen-bond donors (Lipinski definition) is 2. The molecule has 0 aliphatic carbocycles. The van der Waals surface area contributed by atoms with Crippen molar-refractivity contribution in [3.63, 3.8) is 0 Å². The quantitative estimate of drug-likeness (QED) is 0.348. The lowest BCUT2D eigenvalue weighted by molar-refractivity contribution is 0.187. The Morgan fingerprint density at radius 2 is 2.04 bits per heavy atom. The first-order valence-electron chi connectivity index (χ1n) is 10.2.